The van der Waals surface area contributed by atoms with Crippen LogP contribution in [0.2, 0.25) is 5.02 Å². The lowest BCUT2D eigenvalue weighted by Gasteiger charge is -2.24. The van der Waals surface area contributed by atoms with Gasteiger partial charge < -0.3 is 25.8 Å². The molecule has 9 heteroatoms. The van der Waals surface area contributed by atoms with E-state index in [1.165, 1.54) is 0 Å². The molecule has 1 amide bonds. The Hall–Kier alpha value is -1.10. The molecule has 0 spiro atoms. The summed E-state index contributed by atoms with van der Waals surface area (Å²) in [4.78, 5) is 16.8. The second kappa shape index (κ2) is 13.2. The number of guanidine groups is 1. The fourth-order valence-corrected chi connectivity index (χ4v) is 3.20. The van der Waals surface area contributed by atoms with Crippen LogP contribution < -0.4 is 16.0 Å². The van der Waals surface area contributed by atoms with E-state index in [9.17, 15) is 9.90 Å². The van der Waals surface area contributed by atoms with Crippen LogP contribution in [0.3, 0.4) is 0 Å². The number of aliphatic hydroxyl groups excluding tert-OH is 1. The second-order valence-corrected chi connectivity index (χ2v) is 7.04. The van der Waals surface area contributed by atoms with Crippen LogP contribution in [0.1, 0.15) is 30.1 Å². The first-order valence-electron chi connectivity index (χ1n) is 9.34. The van der Waals surface area contributed by atoms with Gasteiger partial charge in [0.05, 0.1) is 23.7 Å². The minimum Gasteiger partial charge on any atom is -0.396 e. The van der Waals surface area contributed by atoms with Gasteiger partial charge in [0.25, 0.3) is 5.91 Å². The zero-order valence-corrected chi connectivity index (χ0v) is 19.3. The first-order chi connectivity index (χ1) is 13.1. The van der Waals surface area contributed by atoms with Gasteiger partial charge in [-0.3, -0.25) is 9.79 Å². The van der Waals surface area contributed by atoms with Gasteiger partial charge in [-0.2, -0.15) is 0 Å². The maximum absolute atomic E-state index is 12.1. The summed E-state index contributed by atoms with van der Waals surface area (Å²) in [6.07, 6.45) is 1.59. The Labute approximate surface area is 188 Å². The third-order valence-electron chi connectivity index (χ3n) is 4.57. The van der Waals surface area contributed by atoms with Gasteiger partial charge >= 0.3 is 0 Å². The van der Waals surface area contributed by atoms with Crippen molar-refractivity contribution >= 4 is 47.4 Å². The average Bonchev–Trinajstić information content (AvgIpc) is 3.12. The van der Waals surface area contributed by atoms with Gasteiger partial charge in [-0.25, -0.2) is 0 Å². The number of hydrogen-bond acceptors (Lipinski definition) is 4. The standard InChI is InChI=1S/C19H29ClN4O3.HI/c1-2-21-18(24-13-19(7-11-25)8-12-27-14-19)23-10-9-22-17(26)15-5-3-4-6-16(15)20;/h3-6,25H,2,7-14H2,1H3,(H,22,26)(H2,21,23,24);1H. The number of carbonyl (C=O) groups is 1. The van der Waals surface area contributed by atoms with Crippen molar-refractivity contribution in [3.63, 3.8) is 0 Å². The van der Waals surface area contributed by atoms with E-state index in [0.29, 0.717) is 55.8 Å². The number of carbonyl (C=O) groups excluding carboxylic acids is 1. The topological polar surface area (TPSA) is 95.0 Å². The predicted molar refractivity (Wildman–Crippen MR) is 123 cm³/mol. The van der Waals surface area contributed by atoms with Gasteiger partial charge in [-0.05, 0) is 31.9 Å². The number of halogens is 2. The van der Waals surface area contributed by atoms with Crippen LogP contribution in [0.5, 0.6) is 0 Å². The van der Waals surface area contributed by atoms with Gasteiger partial charge in [0.1, 0.15) is 0 Å². The Morgan fingerprint density at radius 1 is 1.29 bits per heavy atom. The molecule has 1 saturated heterocycles. The molecule has 7 nitrogen and oxygen atoms in total. The zero-order chi connectivity index (χ0) is 19.5. The fraction of sp³-hybridized carbons (Fsp3) is 0.579. The number of ether oxygens (including phenoxy) is 1. The van der Waals surface area contributed by atoms with Crippen LogP contribution in [0.25, 0.3) is 0 Å². The summed E-state index contributed by atoms with van der Waals surface area (Å²) >= 11 is 6.03. The van der Waals surface area contributed by atoms with E-state index < -0.39 is 0 Å². The van der Waals surface area contributed by atoms with Gasteiger partial charge in [0.15, 0.2) is 5.96 Å². The van der Waals surface area contributed by atoms with Gasteiger partial charge in [-0.15, -0.1) is 24.0 Å². The van der Waals surface area contributed by atoms with Crippen LogP contribution in [-0.4, -0.2) is 63.0 Å². The average molecular weight is 525 g/mol. The fourth-order valence-electron chi connectivity index (χ4n) is 2.97. The van der Waals surface area contributed by atoms with Crippen LogP contribution in [0, 0.1) is 5.41 Å². The van der Waals surface area contributed by atoms with Gasteiger partial charge in [0.2, 0.25) is 0 Å². The van der Waals surface area contributed by atoms with Crippen molar-refractivity contribution in [1.82, 2.24) is 16.0 Å². The summed E-state index contributed by atoms with van der Waals surface area (Å²) in [5.41, 5.74) is 0.377. The van der Waals surface area contributed by atoms with Crippen molar-refractivity contribution in [2.75, 3.05) is 46.0 Å². The molecule has 1 aromatic rings. The SMILES string of the molecule is CCNC(=NCC1(CCO)CCOC1)NCCNC(=O)c1ccccc1Cl.I. The summed E-state index contributed by atoms with van der Waals surface area (Å²) in [6.45, 7) is 5.79. The van der Waals surface area contributed by atoms with E-state index in [0.717, 1.165) is 13.0 Å². The Bertz CT molecular complexity index is 639. The monoisotopic (exact) mass is 524 g/mol. The molecule has 28 heavy (non-hydrogen) atoms. The van der Waals surface area contributed by atoms with Crippen LogP contribution in [-0.2, 0) is 4.74 Å². The van der Waals surface area contributed by atoms with Crippen molar-refractivity contribution in [2.24, 2.45) is 10.4 Å². The lowest BCUT2D eigenvalue weighted by Crippen LogP contribution is -2.42. The largest absolute Gasteiger partial charge is 0.396 e. The van der Waals surface area contributed by atoms with Crippen molar-refractivity contribution in [3.8, 4) is 0 Å². The number of nitrogens with one attached hydrogen (secondary N) is 3. The molecular formula is C19H30ClIN4O3. The molecule has 0 saturated carbocycles. The molecule has 0 aliphatic carbocycles. The molecule has 1 aliphatic heterocycles. The molecule has 1 atom stereocenters. The molecule has 1 aromatic carbocycles. The number of nitrogens with zero attached hydrogens (tertiary/aromatic N) is 1. The molecular weight excluding hydrogens is 495 g/mol. The molecule has 1 aliphatic rings. The first kappa shape index (κ1) is 24.9. The van der Waals surface area contributed by atoms with Crippen LogP contribution >= 0.6 is 35.6 Å². The van der Waals surface area contributed by atoms with Crippen LogP contribution in [0.15, 0.2) is 29.3 Å². The Morgan fingerprint density at radius 3 is 2.68 bits per heavy atom. The molecule has 1 fully saturated rings. The van der Waals surface area contributed by atoms with E-state index in [4.69, 9.17) is 16.3 Å². The van der Waals surface area contributed by atoms with Crippen molar-refractivity contribution in [3.05, 3.63) is 34.9 Å². The molecule has 0 radical (unpaired) electrons. The lowest BCUT2D eigenvalue weighted by atomic mass is 9.84. The highest BCUT2D eigenvalue weighted by molar-refractivity contribution is 14.0. The third-order valence-corrected chi connectivity index (χ3v) is 4.89. The number of aliphatic hydroxyl groups is 1. The molecule has 2 rings (SSSR count). The quantitative estimate of drug-likeness (QED) is 0.172. The summed E-state index contributed by atoms with van der Waals surface area (Å²) in [5.74, 6) is 0.489. The second-order valence-electron chi connectivity index (χ2n) is 6.63. The minimum atomic E-state index is -0.200. The normalized spacial score (nSPS) is 19.0. The number of benzene rings is 1. The maximum Gasteiger partial charge on any atom is 0.252 e. The van der Waals surface area contributed by atoms with Crippen molar-refractivity contribution in [2.45, 2.75) is 19.8 Å². The predicted octanol–water partition coefficient (Wildman–Crippen LogP) is 2.03. The number of hydrogen-bond donors (Lipinski definition) is 4. The molecule has 4 N–H and O–H groups in total. The summed E-state index contributed by atoms with van der Waals surface area (Å²) in [6, 6.07) is 6.96. The van der Waals surface area contributed by atoms with E-state index in [-0.39, 0.29) is 41.9 Å². The molecule has 158 valence electrons. The van der Waals surface area contributed by atoms with Crippen LogP contribution in [0.4, 0.5) is 0 Å². The highest BCUT2D eigenvalue weighted by atomic mass is 127. The first-order valence-corrected chi connectivity index (χ1v) is 9.71. The molecule has 1 unspecified atom stereocenters. The Kier molecular flexibility index (Phi) is 11.7. The van der Waals surface area contributed by atoms with Gasteiger partial charge in [-0.1, -0.05) is 23.7 Å². The highest BCUT2D eigenvalue weighted by Gasteiger charge is 2.34. The Morgan fingerprint density at radius 2 is 2.04 bits per heavy atom. The van der Waals surface area contributed by atoms with Crippen molar-refractivity contribution < 1.29 is 14.6 Å². The zero-order valence-electron chi connectivity index (χ0n) is 16.2. The van der Waals surface area contributed by atoms with Crippen molar-refractivity contribution in [1.29, 1.82) is 0 Å². The number of amides is 1. The molecule has 0 aromatic heterocycles. The minimum absolute atomic E-state index is 0. The summed E-state index contributed by atoms with van der Waals surface area (Å²) < 4.78 is 5.50. The summed E-state index contributed by atoms with van der Waals surface area (Å²) in [5, 5.41) is 19.0. The lowest BCUT2D eigenvalue weighted by molar-refractivity contribution is 0.0954. The smallest absolute Gasteiger partial charge is 0.252 e. The van der Waals surface area contributed by atoms with E-state index in [1.54, 1.807) is 24.3 Å². The number of aliphatic imine (C=N–C) groups is 1. The summed E-state index contributed by atoms with van der Waals surface area (Å²) in [7, 11) is 0. The highest BCUT2D eigenvalue weighted by Crippen LogP contribution is 2.32. The van der Waals surface area contributed by atoms with E-state index in [1.807, 2.05) is 6.92 Å². The maximum atomic E-state index is 12.1. The molecule has 1 heterocycles. The Balaban J connectivity index is 0.00000392. The molecule has 0 bridgehead atoms. The van der Waals surface area contributed by atoms with Gasteiger partial charge in [0, 0.05) is 38.3 Å². The number of rotatable bonds is 9. The van der Waals surface area contributed by atoms with E-state index >= 15 is 0 Å². The third kappa shape index (κ3) is 7.73. The van der Waals surface area contributed by atoms with E-state index in [2.05, 4.69) is 20.9 Å².